The molecule has 3 aliphatic heterocycles. The minimum Gasteiger partial charge on any atom is -0.455 e. The van der Waals surface area contributed by atoms with Gasteiger partial charge in [-0.1, -0.05) is 30.3 Å². The Bertz CT molecular complexity index is 2750. The van der Waals surface area contributed by atoms with Crippen molar-refractivity contribution in [1.82, 2.24) is 19.8 Å². The predicted octanol–water partition coefficient (Wildman–Crippen LogP) is 7.21. The summed E-state index contributed by atoms with van der Waals surface area (Å²) < 4.78 is 39.3. The molecule has 2 N–H and O–H groups in total. The molecule has 0 radical (unpaired) electrons. The Morgan fingerprint density at radius 1 is 0.968 bits per heavy atom. The molecule has 3 aromatic carbocycles. The lowest BCUT2D eigenvalue weighted by Gasteiger charge is -2.42. The summed E-state index contributed by atoms with van der Waals surface area (Å²) in [6.07, 6.45) is 5.72. The van der Waals surface area contributed by atoms with Crippen LogP contribution in [0.2, 0.25) is 0 Å². The number of nitrogens with zero attached hydrogens (tertiary/aromatic N) is 5. The Hall–Kier alpha value is -6.14. The van der Waals surface area contributed by atoms with Gasteiger partial charge in [0.05, 0.1) is 26.5 Å². The van der Waals surface area contributed by atoms with Crippen molar-refractivity contribution in [2.75, 3.05) is 68.5 Å². The summed E-state index contributed by atoms with van der Waals surface area (Å²) >= 11 is 1.46. The fraction of sp³-hybridized carbons (Fsp3) is 0.326. The number of Topliss-reactive ketones (excluding diaryl/α,β-unsaturated/α-hetero) is 1. The standard InChI is InChI=1S/C46H47N7O8S2/c54-42(30-63(58,59)38-8-10-40(41(25-38)53(56)57)48-26-31-12-19-60-20-13-31)39-9-7-35(24-43(39)61-37-23-33-11-14-47-45(33)49-27-37)51-17-15-50(16-18-51)29-36-22-32-4-1-2-5-34(32)28-52(36)46(55)44-6-3-21-62-44/h1-11,14,21,23-25,27,31,36,48H,12-13,15-20,22,26,28-30H2,(H,47,49)/t36-/m0/s1. The highest BCUT2D eigenvalue weighted by atomic mass is 32.2. The first-order chi connectivity index (χ1) is 30.6. The van der Waals surface area contributed by atoms with Gasteiger partial charge in [-0.15, -0.1) is 11.3 Å². The predicted molar refractivity (Wildman–Crippen MR) is 241 cm³/mol. The van der Waals surface area contributed by atoms with Crippen LogP contribution in [-0.2, 0) is 27.5 Å². The molecule has 0 aliphatic carbocycles. The second-order valence-electron chi connectivity index (χ2n) is 16.2. The molecule has 3 aliphatic rings. The van der Waals surface area contributed by atoms with Crippen molar-refractivity contribution in [3.05, 3.63) is 134 Å². The van der Waals surface area contributed by atoms with Crippen molar-refractivity contribution in [2.45, 2.75) is 36.7 Å². The molecule has 0 bridgehead atoms. The number of pyridine rings is 1. The zero-order valence-corrected chi connectivity index (χ0v) is 36.1. The van der Waals surface area contributed by atoms with Crippen LogP contribution in [-0.4, -0.2) is 109 Å². The second kappa shape index (κ2) is 18.3. The monoisotopic (exact) mass is 889 g/mol. The van der Waals surface area contributed by atoms with E-state index in [-0.39, 0.29) is 45.5 Å². The molecule has 6 aromatic rings. The zero-order valence-electron chi connectivity index (χ0n) is 34.5. The molecule has 2 saturated heterocycles. The number of nitrogens with one attached hydrogen (secondary N) is 2. The summed E-state index contributed by atoms with van der Waals surface area (Å²) in [7, 11) is -4.32. The van der Waals surface area contributed by atoms with Crippen LogP contribution >= 0.6 is 11.3 Å². The van der Waals surface area contributed by atoms with Gasteiger partial charge in [0.25, 0.3) is 11.6 Å². The van der Waals surface area contributed by atoms with Crippen molar-refractivity contribution < 1.29 is 32.4 Å². The third-order valence-corrected chi connectivity index (χ3v) is 14.7. The fourth-order valence-corrected chi connectivity index (χ4v) is 10.6. The van der Waals surface area contributed by atoms with Crippen LogP contribution in [0.4, 0.5) is 17.1 Å². The molecular weight excluding hydrogens is 843 g/mol. The molecule has 0 spiro atoms. The summed E-state index contributed by atoms with van der Waals surface area (Å²) in [5, 5.41) is 17.9. The number of hydrogen-bond donors (Lipinski definition) is 2. The maximum absolute atomic E-state index is 14.0. The first-order valence-corrected chi connectivity index (χ1v) is 23.6. The number of thiophene rings is 1. The molecule has 326 valence electrons. The van der Waals surface area contributed by atoms with Crippen molar-refractivity contribution in [2.24, 2.45) is 5.92 Å². The van der Waals surface area contributed by atoms with Gasteiger partial charge in [-0.05, 0) is 84.2 Å². The number of amides is 1. The number of carbonyl (C=O) groups excluding carboxylic acids is 2. The van der Waals surface area contributed by atoms with Crippen LogP contribution in [0.5, 0.6) is 11.5 Å². The molecule has 2 fully saturated rings. The maximum Gasteiger partial charge on any atom is 0.293 e. The van der Waals surface area contributed by atoms with Crippen LogP contribution in [0, 0.1) is 16.0 Å². The van der Waals surface area contributed by atoms with Gasteiger partial charge >= 0.3 is 0 Å². The third kappa shape index (κ3) is 9.46. The van der Waals surface area contributed by atoms with Crippen LogP contribution < -0.4 is 15.0 Å². The number of hydrogen-bond acceptors (Lipinski definition) is 13. The summed E-state index contributed by atoms with van der Waals surface area (Å²) in [6, 6.07) is 24.6. The van der Waals surface area contributed by atoms with E-state index >= 15 is 0 Å². The molecule has 15 nitrogen and oxygen atoms in total. The number of aromatic amines is 1. The van der Waals surface area contributed by atoms with E-state index in [1.54, 1.807) is 30.5 Å². The van der Waals surface area contributed by atoms with Gasteiger partial charge in [0.2, 0.25) is 0 Å². The Morgan fingerprint density at radius 2 is 1.78 bits per heavy atom. The second-order valence-corrected chi connectivity index (χ2v) is 19.2. The number of piperazine rings is 1. The van der Waals surface area contributed by atoms with Gasteiger partial charge in [0.1, 0.15) is 28.6 Å². The van der Waals surface area contributed by atoms with Crippen LogP contribution in [0.15, 0.2) is 108 Å². The third-order valence-electron chi connectivity index (χ3n) is 12.2. The highest BCUT2D eigenvalue weighted by Crippen LogP contribution is 2.35. The quantitative estimate of drug-likeness (QED) is 0.0639. The highest BCUT2D eigenvalue weighted by molar-refractivity contribution is 7.92. The van der Waals surface area contributed by atoms with Crippen LogP contribution in [0.1, 0.15) is 44.0 Å². The van der Waals surface area contributed by atoms with E-state index in [1.807, 2.05) is 34.5 Å². The Labute approximate surface area is 368 Å². The zero-order chi connectivity index (χ0) is 43.5. The Kier molecular flexibility index (Phi) is 12.2. The van der Waals surface area contributed by atoms with Gasteiger partial charge < -0.3 is 29.6 Å². The number of ketones is 1. The minimum absolute atomic E-state index is 0.0106. The van der Waals surface area contributed by atoms with E-state index < -0.39 is 26.3 Å². The SMILES string of the molecule is O=C(CS(=O)(=O)c1ccc(NCC2CCOCC2)c([N+](=O)[O-])c1)c1ccc(N2CCN(C[C@@H]3Cc4ccccc4CN3C(=O)c3cccs3)CC2)cc1Oc1cnc2[nH]ccc2c1. The fourth-order valence-electron chi connectivity index (χ4n) is 8.69. The number of sulfone groups is 1. The lowest BCUT2D eigenvalue weighted by molar-refractivity contribution is -0.384. The van der Waals surface area contributed by atoms with E-state index in [0.29, 0.717) is 50.8 Å². The Morgan fingerprint density at radius 3 is 2.56 bits per heavy atom. The van der Waals surface area contributed by atoms with Crippen molar-refractivity contribution in [1.29, 1.82) is 0 Å². The number of anilines is 2. The van der Waals surface area contributed by atoms with Gasteiger partial charge in [-0.25, -0.2) is 13.4 Å². The first kappa shape index (κ1) is 42.2. The average Bonchev–Trinajstić information content (AvgIpc) is 4.02. The number of benzene rings is 3. The average molecular weight is 890 g/mol. The van der Waals surface area contributed by atoms with Crippen molar-refractivity contribution in [3.63, 3.8) is 0 Å². The van der Waals surface area contributed by atoms with E-state index in [1.165, 1.54) is 40.8 Å². The summed E-state index contributed by atoms with van der Waals surface area (Å²) in [6.45, 7) is 5.84. The number of nitro benzene ring substituents is 1. The number of carbonyl (C=O) groups is 2. The number of nitro groups is 1. The van der Waals surface area contributed by atoms with Gasteiger partial charge in [0, 0.05) is 94.5 Å². The lowest BCUT2D eigenvalue weighted by atomic mass is 9.93. The molecule has 0 saturated carbocycles. The molecule has 63 heavy (non-hydrogen) atoms. The van der Waals surface area contributed by atoms with Gasteiger partial charge in [-0.2, -0.15) is 0 Å². The summed E-state index contributed by atoms with van der Waals surface area (Å²) in [5.74, 6) is -0.807. The van der Waals surface area contributed by atoms with E-state index in [9.17, 15) is 28.1 Å². The molecule has 0 unspecified atom stereocenters. The molecule has 6 heterocycles. The normalized spacial score (nSPS) is 17.4. The van der Waals surface area contributed by atoms with E-state index in [4.69, 9.17) is 9.47 Å². The van der Waals surface area contributed by atoms with E-state index in [0.717, 1.165) is 60.9 Å². The maximum atomic E-state index is 14.0. The van der Waals surface area contributed by atoms with Crippen LogP contribution in [0.3, 0.4) is 0 Å². The lowest BCUT2D eigenvalue weighted by Crippen LogP contribution is -2.54. The largest absolute Gasteiger partial charge is 0.455 e. The number of rotatable bonds is 14. The molecule has 1 amide bonds. The molecule has 3 aromatic heterocycles. The van der Waals surface area contributed by atoms with Gasteiger partial charge in [-0.3, -0.25) is 24.6 Å². The minimum atomic E-state index is -4.32. The smallest absolute Gasteiger partial charge is 0.293 e. The highest BCUT2D eigenvalue weighted by Gasteiger charge is 2.33. The van der Waals surface area contributed by atoms with Crippen molar-refractivity contribution in [3.8, 4) is 11.5 Å². The van der Waals surface area contributed by atoms with Crippen molar-refractivity contribution >= 4 is 61.0 Å². The number of fused-ring (bicyclic) bond motifs is 2. The topological polar surface area (TPSA) is 180 Å². The van der Waals surface area contributed by atoms with E-state index in [2.05, 4.69) is 43.3 Å². The first-order valence-electron chi connectivity index (χ1n) is 21.1. The Balaban J connectivity index is 0.920. The number of aromatic nitrogens is 2. The summed E-state index contributed by atoms with van der Waals surface area (Å²) in [4.78, 5) is 53.7. The number of H-pyrrole nitrogens is 1. The molecule has 9 rings (SSSR count). The summed E-state index contributed by atoms with van der Waals surface area (Å²) in [5.41, 5.74) is 3.77. The van der Waals surface area contributed by atoms with Gasteiger partial charge in [0.15, 0.2) is 15.6 Å². The van der Waals surface area contributed by atoms with Crippen LogP contribution in [0.25, 0.3) is 11.0 Å². The molecular formula is C46H47N7O8S2. The number of ether oxygens (including phenoxy) is 2. The molecule has 1 atom stereocenters. The molecule has 17 heteroatoms.